The minimum Gasteiger partial charge on any atom is -0.497 e. The van der Waals surface area contributed by atoms with Crippen molar-refractivity contribution in [3.63, 3.8) is 0 Å². The molecule has 0 fully saturated rings. The van der Waals surface area contributed by atoms with Gasteiger partial charge in [0.15, 0.2) is 5.96 Å². The van der Waals surface area contributed by atoms with E-state index >= 15 is 0 Å². The molecule has 2 rings (SSSR count). The molecular weight excluding hydrogens is 441 g/mol. The highest BCUT2D eigenvalue weighted by atomic mass is 127. The molecule has 0 atom stereocenters. The molecule has 0 aliphatic carbocycles. The summed E-state index contributed by atoms with van der Waals surface area (Å²) in [6.45, 7) is 4.29. The first-order valence-corrected chi connectivity index (χ1v) is 8.53. The minimum atomic E-state index is 0. The van der Waals surface area contributed by atoms with Gasteiger partial charge in [-0.2, -0.15) is 0 Å². The molecule has 2 aromatic rings. The van der Waals surface area contributed by atoms with Crippen LogP contribution in [0.1, 0.15) is 18.1 Å². The number of guanidine groups is 1. The number of nitrogens with one attached hydrogen (secondary N) is 2. The maximum absolute atomic E-state index is 5.26. The van der Waals surface area contributed by atoms with Crippen LogP contribution in [-0.2, 0) is 13.0 Å². The molecule has 0 saturated heterocycles. The van der Waals surface area contributed by atoms with Gasteiger partial charge in [-0.25, -0.2) is 4.99 Å². The third-order valence-electron chi connectivity index (χ3n) is 3.74. The Hall–Kier alpha value is -1.96. The van der Waals surface area contributed by atoms with E-state index < -0.39 is 0 Å². The Morgan fingerprint density at radius 3 is 2.15 bits per heavy atom. The van der Waals surface area contributed by atoms with Gasteiger partial charge in [-0.15, -0.1) is 24.0 Å². The van der Waals surface area contributed by atoms with Gasteiger partial charge in [0.25, 0.3) is 0 Å². The molecule has 6 heteroatoms. The average molecular weight is 469 g/mol. The summed E-state index contributed by atoms with van der Waals surface area (Å²) < 4.78 is 10.5. The number of hydrogen-bond donors (Lipinski definition) is 2. The lowest BCUT2D eigenvalue weighted by Crippen LogP contribution is -2.38. The van der Waals surface area contributed by atoms with Crippen LogP contribution < -0.4 is 20.1 Å². The van der Waals surface area contributed by atoms with E-state index in [1.165, 1.54) is 5.56 Å². The predicted octanol–water partition coefficient (Wildman–Crippen LogP) is 3.62. The van der Waals surface area contributed by atoms with E-state index in [4.69, 9.17) is 9.47 Å². The molecule has 2 N–H and O–H groups in total. The van der Waals surface area contributed by atoms with Gasteiger partial charge in [0.1, 0.15) is 11.5 Å². The van der Waals surface area contributed by atoms with E-state index in [9.17, 15) is 0 Å². The zero-order valence-corrected chi connectivity index (χ0v) is 17.9. The Bertz CT molecular complexity index is 692. The van der Waals surface area contributed by atoms with Crippen molar-refractivity contribution in [2.24, 2.45) is 4.99 Å². The van der Waals surface area contributed by atoms with Crippen molar-refractivity contribution >= 4 is 29.9 Å². The molecular formula is C20H28IN3O2. The first-order valence-electron chi connectivity index (χ1n) is 8.53. The van der Waals surface area contributed by atoms with Crippen LogP contribution in [0.15, 0.2) is 53.5 Å². The predicted molar refractivity (Wildman–Crippen MR) is 118 cm³/mol. The monoisotopic (exact) mass is 469 g/mol. The number of benzene rings is 2. The quantitative estimate of drug-likeness (QED) is 0.353. The maximum atomic E-state index is 5.26. The molecule has 0 spiro atoms. The van der Waals surface area contributed by atoms with Gasteiger partial charge in [0, 0.05) is 13.1 Å². The maximum Gasteiger partial charge on any atom is 0.191 e. The van der Waals surface area contributed by atoms with Crippen molar-refractivity contribution in [1.82, 2.24) is 10.6 Å². The van der Waals surface area contributed by atoms with E-state index in [-0.39, 0.29) is 24.0 Å². The number of hydrogen-bond acceptors (Lipinski definition) is 3. The van der Waals surface area contributed by atoms with Crippen LogP contribution in [0.25, 0.3) is 0 Å². The lowest BCUT2D eigenvalue weighted by Gasteiger charge is -2.12. The highest BCUT2D eigenvalue weighted by Crippen LogP contribution is 2.13. The van der Waals surface area contributed by atoms with Gasteiger partial charge in [-0.05, 0) is 48.7 Å². The number of nitrogens with zero attached hydrogens (tertiary/aromatic N) is 1. The van der Waals surface area contributed by atoms with E-state index in [1.54, 1.807) is 14.2 Å². The van der Waals surface area contributed by atoms with Crippen molar-refractivity contribution in [3.8, 4) is 11.5 Å². The van der Waals surface area contributed by atoms with Crippen LogP contribution in [-0.4, -0.2) is 33.3 Å². The summed E-state index contributed by atoms with van der Waals surface area (Å²) in [4.78, 5) is 4.64. The molecule has 0 aliphatic rings. The smallest absolute Gasteiger partial charge is 0.191 e. The molecule has 0 unspecified atom stereocenters. The summed E-state index contributed by atoms with van der Waals surface area (Å²) in [5, 5.41) is 6.65. The number of methoxy groups -OCH3 is 2. The van der Waals surface area contributed by atoms with Gasteiger partial charge in [-0.1, -0.05) is 24.3 Å². The van der Waals surface area contributed by atoms with Gasteiger partial charge in [0.05, 0.1) is 20.8 Å². The fourth-order valence-electron chi connectivity index (χ4n) is 2.44. The third-order valence-corrected chi connectivity index (χ3v) is 3.74. The van der Waals surface area contributed by atoms with Gasteiger partial charge < -0.3 is 20.1 Å². The van der Waals surface area contributed by atoms with Gasteiger partial charge >= 0.3 is 0 Å². The molecule has 142 valence electrons. The zero-order chi connectivity index (χ0) is 17.9. The van der Waals surface area contributed by atoms with Crippen molar-refractivity contribution in [1.29, 1.82) is 0 Å². The molecule has 26 heavy (non-hydrogen) atoms. The number of halogens is 1. The Morgan fingerprint density at radius 2 is 1.54 bits per heavy atom. The van der Waals surface area contributed by atoms with Crippen LogP contribution >= 0.6 is 24.0 Å². The Labute approximate surface area is 173 Å². The Morgan fingerprint density at radius 1 is 0.923 bits per heavy atom. The van der Waals surface area contributed by atoms with Crippen LogP contribution in [0.2, 0.25) is 0 Å². The summed E-state index contributed by atoms with van der Waals surface area (Å²) in [6.07, 6.45) is 0.904. The standard InChI is InChI=1S/C20H27N3O2.HI/c1-4-21-20(23-15-17-8-6-10-19(14-17)25-3)22-12-11-16-7-5-9-18(13-16)24-2;/h5-10,13-14H,4,11-12,15H2,1-3H3,(H2,21,22,23);1H. The van der Waals surface area contributed by atoms with Crippen molar-refractivity contribution in [2.45, 2.75) is 19.9 Å². The molecule has 0 amide bonds. The minimum absolute atomic E-state index is 0. The second kappa shape index (κ2) is 12.4. The SMILES string of the molecule is CCNC(=NCc1cccc(OC)c1)NCCc1cccc(OC)c1.I. The summed E-state index contributed by atoms with van der Waals surface area (Å²) in [5.74, 6) is 2.55. The first kappa shape index (κ1) is 22.1. The third kappa shape index (κ3) is 7.51. The summed E-state index contributed by atoms with van der Waals surface area (Å²) >= 11 is 0. The first-order chi connectivity index (χ1) is 12.2. The Kier molecular flexibility index (Phi) is 10.5. The molecule has 2 aromatic carbocycles. The van der Waals surface area contributed by atoms with Gasteiger partial charge in [-0.3, -0.25) is 0 Å². The molecule has 0 radical (unpaired) electrons. The normalized spacial score (nSPS) is 10.7. The second-order valence-corrected chi connectivity index (χ2v) is 5.57. The Balaban J connectivity index is 0.00000338. The lowest BCUT2D eigenvalue weighted by atomic mass is 10.1. The second-order valence-electron chi connectivity index (χ2n) is 5.57. The largest absolute Gasteiger partial charge is 0.497 e. The topological polar surface area (TPSA) is 54.9 Å². The number of ether oxygens (including phenoxy) is 2. The van der Waals surface area contributed by atoms with Crippen LogP contribution in [0.3, 0.4) is 0 Å². The van der Waals surface area contributed by atoms with E-state index in [1.807, 2.05) is 36.4 Å². The van der Waals surface area contributed by atoms with Crippen molar-refractivity contribution < 1.29 is 9.47 Å². The molecule has 0 bridgehead atoms. The van der Waals surface area contributed by atoms with Crippen LogP contribution in [0.5, 0.6) is 11.5 Å². The highest BCUT2D eigenvalue weighted by Gasteiger charge is 2.00. The van der Waals surface area contributed by atoms with Crippen molar-refractivity contribution in [3.05, 3.63) is 59.7 Å². The highest BCUT2D eigenvalue weighted by molar-refractivity contribution is 14.0. The molecule has 5 nitrogen and oxygen atoms in total. The van der Waals surface area contributed by atoms with Crippen LogP contribution in [0, 0.1) is 0 Å². The lowest BCUT2D eigenvalue weighted by molar-refractivity contribution is 0.414. The van der Waals surface area contributed by atoms with Gasteiger partial charge in [0.2, 0.25) is 0 Å². The fourth-order valence-corrected chi connectivity index (χ4v) is 2.44. The van der Waals surface area contributed by atoms with E-state index in [0.717, 1.165) is 42.5 Å². The summed E-state index contributed by atoms with van der Waals surface area (Å²) in [5.41, 5.74) is 2.35. The molecule has 0 heterocycles. The van der Waals surface area contributed by atoms with E-state index in [0.29, 0.717) is 6.54 Å². The molecule has 0 aliphatic heterocycles. The summed E-state index contributed by atoms with van der Waals surface area (Å²) in [6, 6.07) is 16.1. The fraction of sp³-hybridized carbons (Fsp3) is 0.350. The molecule has 0 saturated carbocycles. The molecule has 0 aromatic heterocycles. The zero-order valence-electron chi connectivity index (χ0n) is 15.6. The van der Waals surface area contributed by atoms with Crippen molar-refractivity contribution in [2.75, 3.05) is 27.3 Å². The average Bonchev–Trinajstić information content (AvgIpc) is 2.66. The number of rotatable bonds is 8. The van der Waals surface area contributed by atoms with Crippen LogP contribution in [0.4, 0.5) is 0 Å². The number of aliphatic imine (C=N–C) groups is 1. The van der Waals surface area contributed by atoms with E-state index in [2.05, 4.69) is 34.7 Å². The summed E-state index contributed by atoms with van der Waals surface area (Å²) in [7, 11) is 3.36.